The molecule has 2 heterocycles. The zero-order valence-electron chi connectivity index (χ0n) is 25.5. The van der Waals surface area contributed by atoms with Crippen LogP contribution in [-0.4, -0.2) is 63.4 Å². The minimum absolute atomic E-state index is 0.0704. The Hall–Kier alpha value is -3.45. The van der Waals surface area contributed by atoms with E-state index in [1.807, 2.05) is 54.6 Å². The highest BCUT2D eigenvalue weighted by Crippen LogP contribution is 2.46. The van der Waals surface area contributed by atoms with E-state index >= 15 is 0 Å². The molecule has 0 spiro atoms. The van der Waals surface area contributed by atoms with E-state index in [2.05, 4.69) is 26.6 Å². The van der Waals surface area contributed by atoms with Gasteiger partial charge in [-0.25, -0.2) is 9.59 Å². The van der Waals surface area contributed by atoms with Crippen molar-refractivity contribution in [1.29, 1.82) is 0 Å². The van der Waals surface area contributed by atoms with Crippen LogP contribution in [0.5, 0.6) is 5.75 Å². The fourth-order valence-electron chi connectivity index (χ4n) is 4.94. The molecular weight excluding hydrogens is 650 g/mol. The van der Waals surface area contributed by atoms with Crippen molar-refractivity contribution in [1.82, 2.24) is 5.32 Å². The van der Waals surface area contributed by atoms with Crippen LogP contribution in [0, 0.1) is 5.92 Å². The highest BCUT2D eigenvalue weighted by molar-refractivity contribution is 9.10. The van der Waals surface area contributed by atoms with Gasteiger partial charge in [-0.3, -0.25) is 9.63 Å². The number of hydrogen-bond donors (Lipinski definition) is 2. The zero-order chi connectivity index (χ0) is 31.9. The van der Waals surface area contributed by atoms with Crippen LogP contribution < -0.4 is 20.4 Å². The molecule has 0 bridgehead atoms. The maximum absolute atomic E-state index is 14.0. The number of anilines is 2. The number of piperidine rings is 1. The van der Waals surface area contributed by atoms with Crippen LogP contribution in [0.4, 0.5) is 11.4 Å². The van der Waals surface area contributed by atoms with Crippen molar-refractivity contribution in [3.05, 3.63) is 63.9 Å². The van der Waals surface area contributed by atoms with Gasteiger partial charge in [0, 0.05) is 5.69 Å². The van der Waals surface area contributed by atoms with Crippen molar-refractivity contribution in [2.24, 2.45) is 5.92 Å². The number of methoxy groups -OCH3 is 1. The summed E-state index contributed by atoms with van der Waals surface area (Å²) in [4.78, 5) is 45.4. The van der Waals surface area contributed by atoms with E-state index in [1.165, 1.54) is 30.6 Å². The number of para-hydroxylation sites is 1. The van der Waals surface area contributed by atoms with Crippen LogP contribution in [0.15, 0.2) is 59.1 Å². The third-order valence-electron chi connectivity index (χ3n) is 6.88. The number of hydroxylamine groups is 1. The summed E-state index contributed by atoms with van der Waals surface area (Å²) in [5, 5.41) is 8.18. The summed E-state index contributed by atoms with van der Waals surface area (Å²) >= 11 is 4.76. The van der Waals surface area contributed by atoms with Gasteiger partial charge in [-0.1, -0.05) is 30.3 Å². The van der Waals surface area contributed by atoms with Gasteiger partial charge in [0.05, 0.1) is 29.3 Å². The summed E-state index contributed by atoms with van der Waals surface area (Å²) < 4.78 is 16.6. The van der Waals surface area contributed by atoms with E-state index in [9.17, 15) is 14.4 Å². The largest absolute Gasteiger partial charge is 0.479 e. The first-order valence-electron chi connectivity index (χ1n) is 14.3. The van der Waals surface area contributed by atoms with Crippen LogP contribution in [-0.2, 0) is 23.9 Å². The molecule has 10 nitrogen and oxygen atoms in total. The molecule has 1 amide bonds. The number of halogens is 1. The molecule has 0 radical (unpaired) electrons. The minimum Gasteiger partial charge on any atom is -0.479 e. The number of nitrogens with one attached hydrogen (secondary N) is 2. The average Bonchev–Trinajstić information content (AvgIpc) is 3.34. The number of nitrogens with zero attached hydrogens (tertiary/aromatic N) is 1. The van der Waals surface area contributed by atoms with Crippen LogP contribution in [0.3, 0.4) is 0 Å². The van der Waals surface area contributed by atoms with Crippen LogP contribution in [0.25, 0.3) is 10.4 Å². The molecule has 1 aromatic heterocycles. The zero-order valence-corrected chi connectivity index (χ0v) is 27.9. The molecule has 1 atom stereocenters. The van der Waals surface area contributed by atoms with Crippen molar-refractivity contribution in [3.63, 3.8) is 0 Å². The lowest BCUT2D eigenvalue weighted by molar-refractivity contribution is -0.157. The van der Waals surface area contributed by atoms with Gasteiger partial charge in [-0.05, 0) is 98.4 Å². The Morgan fingerprint density at radius 1 is 1.07 bits per heavy atom. The fraction of sp³-hybridized carbons (Fsp3) is 0.406. The standard InChI is InChI=1S/C32H38BrN3O7S/c1-32(2,3)43-24(37)19-42-27-25(33)28(44-29(27)31(39)40-4)21-10-9-11-22(18-21)35-26(20-14-16-34-17-15-20)30(38)36(41-5)23-12-7-6-8-13-23/h6-13,18,20,26,34-35H,14-17,19H2,1-5H3. The molecule has 1 unspecified atom stereocenters. The second-order valence-electron chi connectivity index (χ2n) is 11.2. The second-order valence-corrected chi connectivity index (χ2v) is 13.0. The summed E-state index contributed by atoms with van der Waals surface area (Å²) in [6, 6.07) is 16.3. The first kappa shape index (κ1) is 33.4. The summed E-state index contributed by atoms with van der Waals surface area (Å²) in [5.41, 5.74) is 1.46. The fourth-order valence-corrected chi connectivity index (χ4v) is 6.91. The quantitative estimate of drug-likeness (QED) is 0.183. The molecule has 236 valence electrons. The third kappa shape index (κ3) is 8.38. The number of carbonyl (C=O) groups is 3. The van der Waals surface area contributed by atoms with E-state index in [4.69, 9.17) is 19.0 Å². The monoisotopic (exact) mass is 687 g/mol. The van der Waals surface area contributed by atoms with Crippen molar-refractivity contribution >= 4 is 56.5 Å². The minimum atomic E-state index is -0.676. The molecule has 1 fully saturated rings. The Bertz CT molecular complexity index is 1450. The highest BCUT2D eigenvalue weighted by atomic mass is 79.9. The van der Waals surface area contributed by atoms with Gasteiger partial charge < -0.3 is 24.8 Å². The molecule has 2 aromatic carbocycles. The Morgan fingerprint density at radius 3 is 2.41 bits per heavy atom. The van der Waals surface area contributed by atoms with Crippen molar-refractivity contribution in [3.8, 4) is 16.2 Å². The lowest BCUT2D eigenvalue weighted by atomic mass is 9.89. The van der Waals surface area contributed by atoms with Gasteiger partial charge in [0.25, 0.3) is 5.91 Å². The molecule has 2 N–H and O–H groups in total. The van der Waals surface area contributed by atoms with E-state index in [1.54, 1.807) is 20.8 Å². The van der Waals surface area contributed by atoms with Crippen LogP contribution >= 0.6 is 27.3 Å². The lowest BCUT2D eigenvalue weighted by Gasteiger charge is -2.34. The van der Waals surface area contributed by atoms with Crippen molar-refractivity contribution in [2.45, 2.75) is 45.3 Å². The Balaban J connectivity index is 1.64. The predicted octanol–water partition coefficient (Wildman–Crippen LogP) is 6.06. The molecule has 1 saturated heterocycles. The van der Waals surface area contributed by atoms with Crippen LogP contribution in [0.2, 0.25) is 0 Å². The first-order valence-corrected chi connectivity index (χ1v) is 15.9. The third-order valence-corrected chi connectivity index (χ3v) is 9.10. The molecule has 1 aliphatic rings. The second kappa shape index (κ2) is 15.0. The predicted molar refractivity (Wildman–Crippen MR) is 174 cm³/mol. The molecular formula is C32H38BrN3O7S. The topological polar surface area (TPSA) is 115 Å². The van der Waals surface area contributed by atoms with Gasteiger partial charge in [-0.15, -0.1) is 11.3 Å². The average molecular weight is 689 g/mol. The van der Waals surface area contributed by atoms with E-state index in [0.29, 0.717) is 15.0 Å². The number of thiophene rings is 1. The van der Waals surface area contributed by atoms with E-state index < -0.39 is 23.6 Å². The maximum atomic E-state index is 14.0. The molecule has 4 rings (SSSR count). The Morgan fingerprint density at radius 2 is 1.77 bits per heavy atom. The number of amides is 1. The number of rotatable bonds is 11. The number of carbonyl (C=O) groups excluding carboxylic acids is 3. The summed E-state index contributed by atoms with van der Waals surface area (Å²) in [7, 11) is 2.77. The lowest BCUT2D eigenvalue weighted by Crippen LogP contribution is -2.49. The molecule has 0 saturated carbocycles. The van der Waals surface area contributed by atoms with Gasteiger partial charge in [0.15, 0.2) is 17.2 Å². The SMILES string of the molecule is COC(=O)c1sc(-c2cccc(NC(C(=O)N(OC)c3ccccc3)C3CCNCC3)c2)c(Br)c1OCC(=O)OC(C)(C)C. The summed E-state index contributed by atoms with van der Waals surface area (Å²) in [5.74, 6) is -1.08. The van der Waals surface area contributed by atoms with Gasteiger partial charge in [0.1, 0.15) is 11.6 Å². The number of ether oxygens (including phenoxy) is 3. The first-order chi connectivity index (χ1) is 21.0. The molecule has 1 aliphatic heterocycles. The normalized spacial score (nSPS) is 14.4. The molecule has 44 heavy (non-hydrogen) atoms. The summed E-state index contributed by atoms with van der Waals surface area (Å²) in [6.07, 6.45) is 1.65. The molecule has 0 aliphatic carbocycles. The number of benzene rings is 2. The van der Waals surface area contributed by atoms with Gasteiger partial charge in [-0.2, -0.15) is 5.06 Å². The number of hydrogen-bond acceptors (Lipinski definition) is 10. The van der Waals surface area contributed by atoms with Crippen molar-refractivity contribution in [2.75, 3.05) is 44.3 Å². The Labute approximate surface area is 270 Å². The van der Waals surface area contributed by atoms with Gasteiger partial charge in [0.2, 0.25) is 0 Å². The molecule has 3 aromatic rings. The van der Waals surface area contributed by atoms with Crippen LogP contribution in [0.1, 0.15) is 43.3 Å². The van der Waals surface area contributed by atoms with E-state index in [0.717, 1.165) is 37.2 Å². The number of esters is 2. The summed E-state index contributed by atoms with van der Waals surface area (Å²) in [6.45, 7) is 6.56. The Kier molecular flexibility index (Phi) is 11.4. The van der Waals surface area contributed by atoms with E-state index in [-0.39, 0.29) is 29.1 Å². The smallest absolute Gasteiger partial charge is 0.351 e. The van der Waals surface area contributed by atoms with Gasteiger partial charge >= 0.3 is 11.9 Å². The molecule has 12 heteroatoms. The van der Waals surface area contributed by atoms with Crippen molar-refractivity contribution < 1.29 is 33.4 Å². The highest BCUT2D eigenvalue weighted by Gasteiger charge is 2.34. The maximum Gasteiger partial charge on any atom is 0.351 e.